The van der Waals surface area contributed by atoms with E-state index >= 15 is 0 Å². The van der Waals surface area contributed by atoms with Gasteiger partial charge in [0.15, 0.2) is 0 Å². The number of rotatable bonds is 2. The molecule has 0 aromatic heterocycles. The van der Waals surface area contributed by atoms with Crippen molar-refractivity contribution in [1.82, 2.24) is 10.2 Å². The third kappa shape index (κ3) is 3.51. The molecule has 1 aromatic rings. The molecule has 1 fully saturated rings. The predicted molar refractivity (Wildman–Crippen MR) is 91.5 cm³/mol. The Morgan fingerprint density at radius 2 is 2.05 bits per heavy atom. The number of carbonyl (C=O) groups is 1. The highest BCUT2D eigenvalue weighted by Gasteiger charge is 2.33. The molecule has 1 aliphatic heterocycles. The Kier molecular flexibility index (Phi) is 5.27. The number of hydrogen-bond acceptors (Lipinski definition) is 2. The van der Waals surface area contributed by atoms with Crippen LogP contribution in [0.15, 0.2) is 18.2 Å². The van der Waals surface area contributed by atoms with Gasteiger partial charge < -0.3 is 10.2 Å². The zero-order valence-electron chi connectivity index (χ0n) is 14.1. The first-order valence-corrected chi connectivity index (χ1v) is 9.21. The van der Waals surface area contributed by atoms with Gasteiger partial charge in [0.1, 0.15) is 0 Å². The van der Waals surface area contributed by atoms with Crippen LogP contribution in [-0.2, 0) is 10.8 Å². The molecule has 122 valence electrons. The van der Waals surface area contributed by atoms with Crippen LogP contribution in [0, 0.1) is 13.8 Å². The molecule has 1 N–H and O–H groups in total. The third-order valence-corrected chi connectivity index (χ3v) is 6.43. The molecule has 1 heterocycles. The zero-order chi connectivity index (χ0) is 16.4. The topological polar surface area (TPSA) is 49.4 Å². The standard InChI is InChI=1S/C17H26N2O2S/c1-11-6-7-12(2)16(10-11)13(3)18-17(20)19-8-9-22(21)15(5)14(19)4/h6-7,10,13-15H,8-9H2,1-5H3,(H,18,20)/t13-,14+,15+,22-/m0/s1. The SMILES string of the molecule is Cc1ccc(C)c([C@H](C)NC(=O)N2CC[S@](=O)[C@H](C)[C@H]2C)c1. The molecule has 1 aliphatic rings. The van der Waals surface area contributed by atoms with E-state index in [1.807, 2.05) is 25.7 Å². The molecule has 0 spiro atoms. The largest absolute Gasteiger partial charge is 0.331 e. The maximum atomic E-state index is 12.6. The van der Waals surface area contributed by atoms with Gasteiger partial charge in [-0.05, 0) is 45.7 Å². The molecule has 2 amide bonds. The lowest BCUT2D eigenvalue weighted by atomic mass is 10.00. The number of amides is 2. The lowest BCUT2D eigenvalue weighted by Gasteiger charge is -2.37. The molecule has 0 bridgehead atoms. The molecular weight excluding hydrogens is 296 g/mol. The van der Waals surface area contributed by atoms with Gasteiger partial charge >= 0.3 is 6.03 Å². The Hall–Kier alpha value is -1.36. The molecule has 0 aliphatic carbocycles. The van der Waals surface area contributed by atoms with E-state index in [1.54, 1.807) is 0 Å². The first-order chi connectivity index (χ1) is 10.3. The molecular formula is C17H26N2O2S. The second kappa shape index (κ2) is 6.82. The van der Waals surface area contributed by atoms with Crippen LogP contribution in [0.25, 0.3) is 0 Å². The Balaban J connectivity index is 2.08. The fraction of sp³-hybridized carbons (Fsp3) is 0.588. The van der Waals surface area contributed by atoms with Gasteiger partial charge in [0.25, 0.3) is 0 Å². The highest BCUT2D eigenvalue weighted by atomic mass is 32.2. The maximum absolute atomic E-state index is 12.6. The summed E-state index contributed by atoms with van der Waals surface area (Å²) in [6.45, 7) is 10.6. The van der Waals surface area contributed by atoms with Crippen LogP contribution in [0.3, 0.4) is 0 Å². The Morgan fingerprint density at radius 3 is 2.73 bits per heavy atom. The van der Waals surface area contributed by atoms with Crippen molar-refractivity contribution in [1.29, 1.82) is 0 Å². The first-order valence-electron chi connectivity index (χ1n) is 7.82. The summed E-state index contributed by atoms with van der Waals surface area (Å²) in [5.74, 6) is 0.566. The van der Waals surface area contributed by atoms with Gasteiger partial charge in [-0.3, -0.25) is 4.21 Å². The molecule has 0 radical (unpaired) electrons. The van der Waals surface area contributed by atoms with Crippen molar-refractivity contribution in [2.24, 2.45) is 0 Å². The number of benzene rings is 1. The summed E-state index contributed by atoms with van der Waals surface area (Å²) in [5, 5.41) is 3.11. The van der Waals surface area contributed by atoms with Crippen molar-refractivity contribution in [2.75, 3.05) is 12.3 Å². The van der Waals surface area contributed by atoms with Crippen LogP contribution in [0.2, 0.25) is 0 Å². The van der Waals surface area contributed by atoms with E-state index in [0.717, 1.165) is 5.56 Å². The summed E-state index contributed by atoms with van der Waals surface area (Å²) in [4.78, 5) is 14.4. The van der Waals surface area contributed by atoms with Gasteiger partial charge in [0, 0.05) is 29.1 Å². The van der Waals surface area contributed by atoms with E-state index in [9.17, 15) is 9.00 Å². The van der Waals surface area contributed by atoms with E-state index in [4.69, 9.17) is 0 Å². The van der Waals surface area contributed by atoms with Gasteiger partial charge in [-0.1, -0.05) is 23.8 Å². The molecule has 5 heteroatoms. The van der Waals surface area contributed by atoms with Crippen LogP contribution in [0.4, 0.5) is 4.79 Å². The van der Waals surface area contributed by atoms with Crippen LogP contribution in [0.5, 0.6) is 0 Å². The van der Waals surface area contributed by atoms with Crippen LogP contribution < -0.4 is 5.32 Å². The normalized spacial score (nSPS) is 26.6. The summed E-state index contributed by atoms with van der Waals surface area (Å²) >= 11 is 0. The highest BCUT2D eigenvalue weighted by molar-refractivity contribution is 7.85. The maximum Gasteiger partial charge on any atom is 0.318 e. The quantitative estimate of drug-likeness (QED) is 0.910. The monoisotopic (exact) mass is 322 g/mol. The lowest BCUT2D eigenvalue weighted by Crippen LogP contribution is -2.55. The van der Waals surface area contributed by atoms with E-state index in [0.29, 0.717) is 12.3 Å². The Labute approximate surface area is 135 Å². The summed E-state index contributed by atoms with van der Waals surface area (Å²) in [5.41, 5.74) is 3.52. The number of hydrogen-bond donors (Lipinski definition) is 1. The van der Waals surface area contributed by atoms with Crippen LogP contribution in [-0.4, -0.2) is 38.7 Å². The fourth-order valence-corrected chi connectivity index (χ4v) is 4.24. The molecule has 22 heavy (non-hydrogen) atoms. The van der Waals surface area contributed by atoms with Gasteiger partial charge in [0.05, 0.1) is 11.3 Å². The van der Waals surface area contributed by atoms with Crippen molar-refractivity contribution in [3.63, 3.8) is 0 Å². The summed E-state index contributed by atoms with van der Waals surface area (Å²) in [6, 6.07) is 6.18. The van der Waals surface area contributed by atoms with Crippen LogP contribution >= 0.6 is 0 Å². The number of carbonyl (C=O) groups excluding carboxylic acids is 1. The van der Waals surface area contributed by atoms with E-state index in [-0.39, 0.29) is 23.4 Å². The predicted octanol–water partition coefficient (Wildman–Crippen LogP) is 2.92. The molecule has 4 nitrogen and oxygen atoms in total. The van der Waals surface area contributed by atoms with Gasteiger partial charge in [0.2, 0.25) is 0 Å². The minimum Gasteiger partial charge on any atom is -0.331 e. The average Bonchev–Trinajstić information content (AvgIpc) is 2.47. The summed E-state index contributed by atoms with van der Waals surface area (Å²) < 4.78 is 11.9. The molecule has 2 rings (SSSR count). The lowest BCUT2D eigenvalue weighted by molar-refractivity contribution is 0.176. The van der Waals surface area contributed by atoms with Crippen molar-refractivity contribution in [3.8, 4) is 0 Å². The van der Waals surface area contributed by atoms with Crippen molar-refractivity contribution in [3.05, 3.63) is 34.9 Å². The molecule has 0 unspecified atom stereocenters. The smallest absolute Gasteiger partial charge is 0.318 e. The second-order valence-electron chi connectivity index (χ2n) is 6.26. The van der Waals surface area contributed by atoms with E-state index in [2.05, 4.69) is 37.4 Å². The Bertz CT molecular complexity index is 588. The molecule has 4 atom stereocenters. The number of nitrogens with zero attached hydrogens (tertiary/aromatic N) is 1. The summed E-state index contributed by atoms with van der Waals surface area (Å²) in [6.07, 6.45) is 0. The van der Waals surface area contributed by atoms with Gasteiger partial charge in [-0.15, -0.1) is 0 Å². The van der Waals surface area contributed by atoms with E-state index < -0.39 is 10.8 Å². The fourth-order valence-electron chi connectivity index (χ4n) is 2.91. The average molecular weight is 322 g/mol. The van der Waals surface area contributed by atoms with E-state index in [1.165, 1.54) is 11.1 Å². The minimum atomic E-state index is -0.829. The number of nitrogens with one attached hydrogen (secondary N) is 1. The summed E-state index contributed by atoms with van der Waals surface area (Å²) in [7, 11) is -0.829. The van der Waals surface area contributed by atoms with Crippen molar-refractivity contribution >= 4 is 16.8 Å². The third-order valence-electron chi connectivity index (χ3n) is 4.62. The number of urea groups is 1. The van der Waals surface area contributed by atoms with Gasteiger partial charge in [-0.2, -0.15) is 0 Å². The highest BCUT2D eigenvalue weighted by Crippen LogP contribution is 2.21. The molecule has 1 saturated heterocycles. The van der Waals surface area contributed by atoms with Crippen molar-refractivity contribution in [2.45, 2.75) is 52.0 Å². The molecule has 1 aromatic carbocycles. The van der Waals surface area contributed by atoms with Gasteiger partial charge in [-0.25, -0.2) is 4.79 Å². The van der Waals surface area contributed by atoms with Crippen molar-refractivity contribution < 1.29 is 9.00 Å². The first kappa shape index (κ1) is 17.0. The van der Waals surface area contributed by atoms with Crippen LogP contribution in [0.1, 0.15) is 43.5 Å². The second-order valence-corrected chi connectivity index (χ2v) is 8.17. The minimum absolute atomic E-state index is 0.000361. The molecule has 0 saturated carbocycles. The zero-order valence-corrected chi connectivity index (χ0v) is 14.9. The Morgan fingerprint density at radius 1 is 1.36 bits per heavy atom. The number of aryl methyl sites for hydroxylation is 2.